The van der Waals surface area contributed by atoms with E-state index in [2.05, 4.69) is 22.5 Å². The molecule has 1 heterocycles. The minimum absolute atomic E-state index is 0.0881. The van der Waals surface area contributed by atoms with Crippen molar-refractivity contribution in [2.75, 3.05) is 5.32 Å². The highest BCUT2D eigenvalue weighted by Gasteiger charge is 2.61. The second-order valence-electron chi connectivity index (χ2n) is 6.57. The average molecular weight is 335 g/mol. The van der Waals surface area contributed by atoms with Crippen molar-refractivity contribution in [2.45, 2.75) is 37.4 Å². The van der Waals surface area contributed by atoms with Crippen LogP contribution in [0.4, 0.5) is 19.0 Å². The van der Waals surface area contributed by atoms with E-state index >= 15 is 0 Å². The van der Waals surface area contributed by atoms with Crippen molar-refractivity contribution in [3.05, 3.63) is 47.7 Å². The molecule has 1 saturated carbocycles. The van der Waals surface area contributed by atoms with Gasteiger partial charge in [0.25, 0.3) is 0 Å². The van der Waals surface area contributed by atoms with E-state index in [-0.39, 0.29) is 23.1 Å². The molecule has 24 heavy (non-hydrogen) atoms. The Labute approximate surface area is 136 Å². The molecule has 126 valence electrons. The molecule has 1 fully saturated rings. The van der Waals surface area contributed by atoms with E-state index < -0.39 is 12.7 Å². The van der Waals surface area contributed by atoms with E-state index in [0.717, 1.165) is 23.9 Å². The minimum atomic E-state index is -4.33. The summed E-state index contributed by atoms with van der Waals surface area (Å²) >= 11 is 0. The highest BCUT2D eigenvalue weighted by Crippen LogP contribution is 2.61. The fourth-order valence-electron chi connectivity index (χ4n) is 3.85. The van der Waals surface area contributed by atoms with Gasteiger partial charge in [0.2, 0.25) is 5.91 Å². The van der Waals surface area contributed by atoms with Gasteiger partial charge >= 0.3 is 6.18 Å². The monoisotopic (exact) mass is 335 g/mol. The number of hydrogen-bond donors (Lipinski definition) is 1. The third kappa shape index (κ3) is 2.57. The first-order chi connectivity index (χ1) is 11.4. The maximum Gasteiger partial charge on any atom is 0.408 e. The van der Waals surface area contributed by atoms with Crippen molar-refractivity contribution in [3.8, 4) is 0 Å². The number of aromatic nitrogens is 2. The van der Waals surface area contributed by atoms with Crippen LogP contribution in [0.25, 0.3) is 0 Å². The number of hydrogen-bond acceptors (Lipinski definition) is 2. The maximum atomic E-state index is 12.5. The number of aryl methyl sites for hydroxylation is 1. The smallest absolute Gasteiger partial charge is 0.309 e. The van der Waals surface area contributed by atoms with Crippen molar-refractivity contribution in [2.24, 2.45) is 5.92 Å². The molecular weight excluding hydrogens is 319 g/mol. The Morgan fingerprint density at radius 2 is 2.12 bits per heavy atom. The number of nitrogens with one attached hydrogen (secondary N) is 1. The van der Waals surface area contributed by atoms with Gasteiger partial charge in [-0.3, -0.25) is 9.48 Å². The maximum absolute atomic E-state index is 12.5. The molecule has 7 heteroatoms. The Morgan fingerprint density at radius 3 is 2.92 bits per heavy atom. The third-order valence-electron chi connectivity index (χ3n) is 5.02. The predicted octanol–water partition coefficient (Wildman–Crippen LogP) is 3.29. The normalized spacial score (nSPS) is 24.9. The van der Waals surface area contributed by atoms with Gasteiger partial charge in [0.1, 0.15) is 6.54 Å². The summed E-state index contributed by atoms with van der Waals surface area (Å²) in [4.78, 5) is 12.5. The molecule has 1 N–H and O–H groups in total. The zero-order chi connectivity index (χ0) is 16.9. The molecule has 2 aromatic rings. The van der Waals surface area contributed by atoms with E-state index in [9.17, 15) is 18.0 Å². The van der Waals surface area contributed by atoms with Gasteiger partial charge in [-0.2, -0.15) is 18.3 Å². The highest BCUT2D eigenvalue weighted by atomic mass is 19.4. The third-order valence-corrected chi connectivity index (χ3v) is 5.02. The van der Waals surface area contributed by atoms with E-state index in [1.807, 2.05) is 12.1 Å². The summed E-state index contributed by atoms with van der Waals surface area (Å²) < 4.78 is 37.8. The first-order valence-electron chi connectivity index (χ1n) is 7.87. The van der Waals surface area contributed by atoms with Gasteiger partial charge < -0.3 is 5.32 Å². The Balaban J connectivity index is 1.44. The van der Waals surface area contributed by atoms with E-state index in [1.54, 1.807) is 0 Å². The summed E-state index contributed by atoms with van der Waals surface area (Å²) in [6.45, 7) is -1.16. The van der Waals surface area contributed by atoms with Crippen LogP contribution in [0.5, 0.6) is 0 Å². The molecule has 2 aliphatic carbocycles. The van der Waals surface area contributed by atoms with Gasteiger partial charge in [-0.05, 0) is 30.4 Å². The first kappa shape index (κ1) is 15.2. The molecule has 1 spiro atoms. The Kier molecular flexibility index (Phi) is 3.23. The quantitative estimate of drug-likeness (QED) is 0.936. The van der Waals surface area contributed by atoms with Crippen LogP contribution in [0.15, 0.2) is 36.5 Å². The summed E-state index contributed by atoms with van der Waals surface area (Å²) in [7, 11) is 0. The van der Waals surface area contributed by atoms with Crippen molar-refractivity contribution in [1.82, 2.24) is 9.78 Å². The minimum Gasteiger partial charge on any atom is -0.309 e. The summed E-state index contributed by atoms with van der Waals surface area (Å²) in [5.74, 6) is -0.129. The van der Waals surface area contributed by atoms with E-state index in [0.29, 0.717) is 0 Å². The van der Waals surface area contributed by atoms with Crippen LogP contribution in [0.3, 0.4) is 0 Å². The Hall–Kier alpha value is -2.31. The lowest BCUT2D eigenvalue weighted by Crippen LogP contribution is -2.21. The molecule has 1 aromatic heterocycles. The second kappa shape index (κ2) is 5.09. The van der Waals surface area contributed by atoms with Gasteiger partial charge in [-0.25, -0.2) is 0 Å². The topological polar surface area (TPSA) is 46.9 Å². The number of rotatable bonds is 3. The fraction of sp³-hybridized carbons (Fsp3) is 0.412. The van der Waals surface area contributed by atoms with Gasteiger partial charge in [-0.15, -0.1) is 0 Å². The molecule has 4 rings (SSSR count). The second-order valence-corrected chi connectivity index (χ2v) is 6.57. The van der Waals surface area contributed by atoms with Crippen molar-refractivity contribution in [3.63, 3.8) is 0 Å². The molecule has 1 amide bonds. The highest BCUT2D eigenvalue weighted by molar-refractivity contribution is 5.95. The molecule has 2 atom stereocenters. The van der Waals surface area contributed by atoms with Crippen LogP contribution >= 0.6 is 0 Å². The lowest BCUT2D eigenvalue weighted by Gasteiger charge is -2.11. The van der Waals surface area contributed by atoms with Crippen molar-refractivity contribution >= 4 is 11.7 Å². The SMILES string of the molecule is O=C(Nc1ccn(CC(F)(F)F)n1)[C@@H]1C[C@]12CCc1ccccc12. The molecule has 0 aliphatic heterocycles. The molecule has 0 bridgehead atoms. The number of carbonyl (C=O) groups excluding carboxylic acids is 1. The number of anilines is 1. The molecule has 0 radical (unpaired) electrons. The van der Waals surface area contributed by atoms with Crippen molar-refractivity contribution < 1.29 is 18.0 Å². The number of amides is 1. The summed E-state index contributed by atoms with van der Waals surface area (Å²) in [6.07, 6.45) is -0.399. The molecular formula is C17H16F3N3O. The number of fused-ring (bicyclic) bond motifs is 2. The number of halogens is 3. The summed E-state index contributed by atoms with van der Waals surface area (Å²) in [6, 6.07) is 9.55. The summed E-state index contributed by atoms with van der Waals surface area (Å²) in [5.41, 5.74) is 2.45. The predicted molar refractivity (Wildman–Crippen MR) is 81.5 cm³/mol. The zero-order valence-electron chi connectivity index (χ0n) is 12.8. The molecule has 1 aromatic carbocycles. The number of carbonyl (C=O) groups is 1. The number of alkyl halides is 3. The lowest BCUT2D eigenvalue weighted by atomic mass is 9.95. The van der Waals surface area contributed by atoms with Gasteiger partial charge in [0, 0.05) is 23.6 Å². The zero-order valence-corrected chi connectivity index (χ0v) is 12.8. The van der Waals surface area contributed by atoms with Crippen LogP contribution in [0.2, 0.25) is 0 Å². The first-order valence-corrected chi connectivity index (χ1v) is 7.87. The number of nitrogens with zero attached hydrogens (tertiary/aromatic N) is 2. The standard InChI is InChI=1S/C17H16F3N3O/c18-17(19,20)10-23-8-6-14(22-23)21-15(24)13-9-16(13)7-5-11-3-1-2-4-12(11)16/h1-4,6,8,13H,5,7,9-10H2,(H,21,22,24)/t13-,16-/m0/s1. The summed E-state index contributed by atoms with van der Waals surface area (Å²) in [5, 5.41) is 6.42. The van der Waals surface area contributed by atoms with Gasteiger partial charge in [0.05, 0.1) is 0 Å². The molecule has 0 unspecified atom stereocenters. The van der Waals surface area contributed by atoms with E-state index in [4.69, 9.17) is 0 Å². The fourth-order valence-corrected chi connectivity index (χ4v) is 3.85. The van der Waals surface area contributed by atoms with Crippen molar-refractivity contribution in [1.29, 1.82) is 0 Å². The van der Waals surface area contributed by atoms with E-state index in [1.165, 1.54) is 23.4 Å². The average Bonchev–Trinajstić information content (AvgIpc) is 2.91. The molecule has 2 aliphatic rings. The lowest BCUT2D eigenvalue weighted by molar-refractivity contribution is -0.142. The van der Waals surface area contributed by atoms with Crippen LogP contribution in [-0.4, -0.2) is 21.9 Å². The Bertz CT molecular complexity index is 798. The van der Waals surface area contributed by atoms with Crippen LogP contribution in [0.1, 0.15) is 24.0 Å². The largest absolute Gasteiger partial charge is 0.408 e. The van der Waals surface area contributed by atoms with Crippen LogP contribution < -0.4 is 5.32 Å². The van der Waals surface area contributed by atoms with Gasteiger partial charge in [0.15, 0.2) is 5.82 Å². The number of benzene rings is 1. The van der Waals surface area contributed by atoms with Crippen LogP contribution in [-0.2, 0) is 23.2 Å². The molecule has 4 nitrogen and oxygen atoms in total. The van der Waals surface area contributed by atoms with Gasteiger partial charge in [-0.1, -0.05) is 24.3 Å². The Morgan fingerprint density at radius 1 is 1.33 bits per heavy atom. The molecule has 0 saturated heterocycles. The van der Waals surface area contributed by atoms with Crippen LogP contribution in [0, 0.1) is 5.92 Å².